The normalized spacial score (nSPS) is 17.0. The number of hydrogen-bond donors (Lipinski definition) is 1. The molecule has 2 aromatic rings. The second kappa shape index (κ2) is 8.66. The van der Waals surface area contributed by atoms with Crippen molar-refractivity contribution in [1.82, 2.24) is 10.2 Å². The maximum absolute atomic E-state index is 12.7. The Morgan fingerprint density at radius 1 is 1.39 bits per heavy atom. The first kappa shape index (κ1) is 20.9. The fraction of sp³-hybridized carbons (Fsp3) is 0.471. The van der Waals surface area contributed by atoms with Crippen LogP contribution >= 0.6 is 23.1 Å². The van der Waals surface area contributed by atoms with Gasteiger partial charge in [0.2, 0.25) is 15.2 Å². The number of para-hydroxylation sites is 2. The summed E-state index contributed by atoms with van der Waals surface area (Å²) < 4.78 is 32.2. The summed E-state index contributed by atoms with van der Waals surface area (Å²) in [5.74, 6) is 1.44. The third-order valence-electron chi connectivity index (χ3n) is 3.87. The molecule has 1 atom stereocenters. The third-order valence-corrected chi connectivity index (χ3v) is 7.45. The van der Waals surface area contributed by atoms with Gasteiger partial charge in [0.25, 0.3) is 5.91 Å². The molecule has 0 bridgehead atoms. The maximum Gasteiger partial charge on any atom is 0.267 e. The predicted octanol–water partition coefficient (Wildman–Crippen LogP) is 2.84. The van der Waals surface area contributed by atoms with Gasteiger partial charge in [-0.3, -0.25) is 14.4 Å². The van der Waals surface area contributed by atoms with E-state index in [-0.39, 0.29) is 18.9 Å². The van der Waals surface area contributed by atoms with E-state index in [1.54, 1.807) is 36.0 Å². The molecule has 0 saturated heterocycles. The molecular formula is C17H22N4O4S3. The van der Waals surface area contributed by atoms with E-state index in [1.807, 2.05) is 0 Å². The minimum absolute atomic E-state index is 0.152. The van der Waals surface area contributed by atoms with Crippen LogP contribution in [0.1, 0.15) is 20.3 Å². The highest BCUT2D eigenvalue weighted by Crippen LogP contribution is 2.34. The van der Waals surface area contributed by atoms with Crippen LogP contribution in [0.2, 0.25) is 0 Å². The number of hydrogen-bond acceptors (Lipinski definition) is 8. The van der Waals surface area contributed by atoms with E-state index in [9.17, 15) is 13.2 Å². The number of ether oxygens (including phenoxy) is 1. The van der Waals surface area contributed by atoms with Crippen LogP contribution in [-0.4, -0.2) is 49.2 Å². The molecule has 0 fully saturated rings. The van der Waals surface area contributed by atoms with Crippen LogP contribution in [0.5, 0.6) is 5.75 Å². The Balaban J connectivity index is 1.72. The number of anilines is 2. The molecule has 1 aliphatic rings. The van der Waals surface area contributed by atoms with Gasteiger partial charge in [-0.05, 0) is 18.1 Å². The van der Waals surface area contributed by atoms with E-state index >= 15 is 0 Å². The van der Waals surface area contributed by atoms with E-state index in [0.29, 0.717) is 22.5 Å². The number of rotatable bonds is 6. The molecule has 1 aliphatic heterocycles. The lowest BCUT2D eigenvalue weighted by Crippen LogP contribution is -2.35. The molecule has 11 heteroatoms. The molecule has 2 heterocycles. The SMILES string of the molecule is CC(C)CSc1nnc(NC(=O)[C@H]2CCN(S(C)(=O)=O)c3ccccc3O2)s1. The van der Waals surface area contributed by atoms with Crippen molar-refractivity contribution in [1.29, 1.82) is 0 Å². The zero-order chi connectivity index (χ0) is 20.3. The molecule has 0 aliphatic carbocycles. The smallest absolute Gasteiger partial charge is 0.267 e. The summed E-state index contributed by atoms with van der Waals surface area (Å²) in [4.78, 5) is 12.7. The molecular weight excluding hydrogens is 420 g/mol. The van der Waals surface area contributed by atoms with Crippen molar-refractivity contribution in [3.8, 4) is 5.75 Å². The highest BCUT2D eigenvalue weighted by molar-refractivity contribution is 8.01. The van der Waals surface area contributed by atoms with Crippen LogP contribution in [0.25, 0.3) is 0 Å². The first-order valence-corrected chi connectivity index (χ1v) is 12.4. The van der Waals surface area contributed by atoms with Crippen LogP contribution in [-0.2, 0) is 14.8 Å². The van der Waals surface area contributed by atoms with Gasteiger partial charge < -0.3 is 4.74 Å². The first-order valence-electron chi connectivity index (χ1n) is 8.74. The molecule has 3 rings (SSSR count). The fourth-order valence-electron chi connectivity index (χ4n) is 2.60. The zero-order valence-corrected chi connectivity index (χ0v) is 18.2. The van der Waals surface area contributed by atoms with Crippen molar-refractivity contribution < 1.29 is 17.9 Å². The first-order chi connectivity index (χ1) is 13.2. The number of fused-ring (bicyclic) bond motifs is 1. The number of nitrogens with zero attached hydrogens (tertiary/aromatic N) is 3. The molecule has 28 heavy (non-hydrogen) atoms. The minimum atomic E-state index is -3.48. The van der Waals surface area contributed by atoms with Crippen LogP contribution in [0, 0.1) is 5.92 Å². The summed E-state index contributed by atoms with van der Waals surface area (Å²) in [7, 11) is -3.48. The lowest BCUT2D eigenvalue weighted by Gasteiger charge is -2.20. The molecule has 8 nitrogen and oxygen atoms in total. The van der Waals surface area contributed by atoms with E-state index in [1.165, 1.54) is 15.6 Å². The van der Waals surface area contributed by atoms with Crippen LogP contribution in [0.4, 0.5) is 10.8 Å². The van der Waals surface area contributed by atoms with Gasteiger partial charge in [-0.25, -0.2) is 8.42 Å². The summed E-state index contributed by atoms with van der Waals surface area (Å²) in [6.45, 7) is 4.40. The number of carbonyl (C=O) groups is 1. The largest absolute Gasteiger partial charge is 0.478 e. The monoisotopic (exact) mass is 442 g/mol. The van der Waals surface area contributed by atoms with E-state index in [4.69, 9.17) is 4.74 Å². The minimum Gasteiger partial charge on any atom is -0.478 e. The number of sulfonamides is 1. The van der Waals surface area contributed by atoms with E-state index in [2.05, 4.69) is 29.4 Å². The number of thioether (sulfide) groups is 1. The van der Waals surface area contributed by atoms with E-state index in [0.717, 1.165) is 16.3 Å². The van der Waals surface area contributed by atoms with Crippen LogP contribution in [0.15, 0.2) is 28.6 Å². The van der Waals surface area contributed by atoms with Crippen LogP contribution < -0.4 is 14.4 Å². The van der Waals surface area contributed by atoms with Gasteiger partial charge in [-0.1, -0.05) is 49.1 Å². The van der Waals surface area contributed by atoms with Gasteiger partial charge in [0.1, 0.15) is 5.75 Å². The second-order valence-corrected chi connectivity index (χ2v) is 10.9. The van der Waals surface area contributed by atoms with Gasteiger partial charge >= 0.3 is 0 Å². The van der Waals surface area contributed by atoms with Crippen molar-refractivity contribution >= 4 is 49.8 Å². The topological polar surface area (TPSA) is 101 Å². The van der Waals surface area contributed by atoms with Gasteiger partial charge in [0, 0.05) is 18.7 Å². The number of aromatic nitrogens is 2. The Labute approximate surface area is 172 Å². The second-order valence-electron chi connectivity index (χ2n) is 6.77. The molecule has 1 aromatic heterocycles. The maximum atomic E-state index is 12.7. The Kier molecular flexibility index (Phi) is 6.46. The van der Waals surface area contributed by atoms with Crippen LogP contribution in [0.3, 0.4) is 0 Å². The predicted molar refractivity (Wildman–Crippen MR) is 112 cm³/mol. The summed E-state index contributed by atoms with van der Waals surface area (Å²) >= 11 is 2.91. The molecule has 0 spiro atoms. The Morgan fingerprint density at radius 3 is 2.86 bits per heavy atom. The van der Waals surface area contributed by atoms with Gasteiger partial charge in [-0.15, -0.1) is 10.2 Å². The average molecular weight is 443 g/mol. The van der Waals surface area contributed by atoms with Gasteiger partial charge in [-0.2, -0.15) is 0 Å². The number of nitrogens with one attached hydrogen (secondary N) is 1. The molecule has 0 unspecified atom stereocenters. The van der Waals surface area contributed by atoms with Crippen molar-refractivity contribution in [2.24, 2.45) is 5.92 Å². The van der Waals surface area contributed by atoms with Crippen molar-refractivity contribution in [3.63, 3.8) is 0 Å². The summed E-state index contributed by atoms with van der Waals surface area (Å²) in [6.07, 6.45) is 0.534. The molecule has 1 N–H and O–H groups in total. The van der Waals surface area contributed by atoms with Crippen molar-refractivity contribution in [3.05, 3.63) is 24.3 Å². The fourth-order valence-corrected chi connectivity index (χ4v) is 5.28. The molecule has 0 radical (unpaired) electrons. The third kappa shape index (κ3) is 5.15. The highest BCUT2D eigenvalue weighted by Gasteiger charge is 2.31. The van der Waals surface area contributed by atoms with E-state index < -0.39 is 16.1 Å². The summed E-state index contributed by atoms with van der Waals surface area (Å²) in [6, 6.07) is 6.80. The number of benzene rings is 1. The molecule has 0 saturated carbocycles. The standard InChI is InChI=1S/C17H22N4O4S3/c1-11(2)10-26-17-20-19-16(27-17)18-15(22)14-8-9-21(28(3,23)24)12-6-4-5-7-13(12)25-14/h4-7,11,14H,8-10H2,1-3H3,(H,18,19,22)/t14-/m1/s1. The molecule has 1 aromatic carbocycles. The lowest BCUT2D eigenvalue weighted by atomic mass is 10.2. The quantitative estimate of drug-likeness (QED) is 0.542. The molecule has 152 valence electrons. The Hall–Kier alpha value is -1.85. The van der Waals surface area contributed by atoms with Crippen molar-refractivity contribution in [2.45, 2.75) is 30.7 Å². The Morgan fingerprint density at radius 2 is 2.14 bits per heavy atom. The number of amides is 1. The average Bonchev–Trinajstić information content (AvgIpc) is 2.95. The highest BCUT2D eigenvalue weighted by atomic mass is 32.2. The zero-order valence-electron chi connectivity index (χ0n) is 15.8. The lowest BCUT2D eigenvalue weighted by molar-refractivity contribution is -0.122. The summed E-state index contributed by atoms with van der Waals surface area (Å²) in [5, 5.41) is 11.2. The van der Waals surface area contributed by atoms with Gasteiger partial charge in [0.15, 0.2) is 10.4 Å². The van der Waals surface area contributed by atoms with Gasteiger partial charge in [0.05, 0.1) is 11.9 Å². The van der Waals surface area contributed by atoms with Crippen molar-refractivity contribution in [2.75, 3.05) is 28.2 Å². The molecule has 1 amide bonds. The Bertz CT molecular complexity index is 945. The summed E-state index contributed by atoms with van der Waals surface area (Å²) in [5.41, 5.74) is 0.434. The number of carbonyl (C=O) groups excluding carboxylic acids is 1.